The number of rotatable bonds is 6. The first kappa shape index (κ1) is 14.7. The smallest absolute Gasteiger partial charge is 0.133 e. The Morgan fingerprint density at radius 1 is 1.35 bits per heavy atom. The van der Waals surface area contributed by atoms with Gasteiger partial charge in [-0.2, -0.15) is 12.6 Å². The molecule has 0 saturated heterocycles. The standard InChI is InChI=1S/C13H19BrO2S/c1-9(2)10(8-17)7-16-13-5-4-11(15-3)6-12(13)14/h4-6,9-10,17H,7-8H2,1-3H3. The van der Waals surface area contributed by atoms with Gasteiger partial charge in [-0.25, -0.2) is 0 Å². The maximum Gasteiger partial charge on any atom is 0.133 e. The molecule has 1 unspecified atom stereocenters. The van der Waals surface area contributed by atoms with Crippen LogP contribution in [0.3, 0.4) is 0 Å². The third kappa shape index (κ3) is 4.43. The second kappa shape index (κ2) is 7.17. The summed E-state index contributed by atoms with van der Waals surface area (Å²) in [7, 11) is 1.65. The third-order valence-electron chi connectivity index (χ3n) is 2.77. The molecule has 0 amide bonds. The fourth-order valence-corrected chi connectivity index (χ4v) is 2.38. The van der Waals surface area contributed by atoms with E-state index < -0.39 is 0 Å². The molecule has 0 bridgehead atoms. The number of ether oxygens (including phenoxy) is 2. The molecule has 0 radical (unpaired) electrons. The molecule has 1 aromatic carbocycles. The second-order valence-electron chi connectivity index (χ2n) is 4.29. The van der Waals surface area contributed by atoms with Crippen LogP contribution in [0.4, 0.5) is 0 Å². The first-order chi connectivity index (χ1) is 8.08. The molecule has 0 N–H and O–H groups in total. The van der Waals surface area contributed by atoms with Crippen molar-refractivity contribution in [3.05, 3.63) is 22.7 Å². The summed E-state index contributed by atoms with van der Waals surface area (Å²) in [5.74, 6) is 3.54. The first-order valence-electron chi connectivity index (χ1n) is 5.65. The van der Waals surface area contributed by atoms with Crippen molar-refractivity contribution >= 4 is 28.6 Å². The lowest BCUT2D eigenvalue weighted by Crippen LogP contribution is -2.19. The van der Waals surface area contributed by atoms with Crippen molar-refractivity contribution in [2.75, 3.05) is 19.5 Å². The number of hydrogen-bond acceptors (Lipinski definition) is 3. The summed E-state index contributed by atoms with van der Waals surface area (Å²) in [6.07, 6.45) is 0. The molecule has 0 aliphatic rings. The maximum absolute atomic E-state index is 5.80. The predicted molar refractivity (Wildman–Crippen MR) is 78.4 cm³/mol. The van der Waals surface area contributed by atoms with Gasteiger partial charge in [0.25, 0.3) is 0 Å². The van der Waals surface area contributed by atoms with Crippen LogP contribution >= 0.6 is 28.6 Å². The Kier molecular flexibility index (Phi) is 6.20. The van der Waals surface area contributed by atoms with Crippen molar-refractivity contribution in [2.24, 2.45) is 11.8 Å². The van der Waals surface area contributed by atoms with E-state index in [4.69, 9.17) is 9.47 Å². The highest BCUT2D eigenvalue weighted by atomic mass is 79.9. The van der Waals surface area contributed by atoms with Crippen molar-refractivity contribution in [3.63, 3.8) is 0 Å². The van der Waals surface area contributed by atoms with Crippen molar-refractivity contribution < 1.29 is 9.47 Å². The van der Waals surface area contributed by atoms with Crippen LogP contribution in [0, 0.1) is 11.8 Å². The van der Waals surface area contributed by atoms with Gasteiger partial charge in [-0.05, 0) is 45.8 Å². The van der Waals surface area contributed by atoms with E-state index in [0.29, 0.717) is 18.4 Å². The van der Waals surface area contributed by atoms with Crippen LogP contribution in [0.25, 0.3) is 0 Å². The fraction of sp³-hybridized carbons (Fsp3) is 0.538. The van der Waals surface area contributed by atoms with Crippen molar-refractivity contribution in [3.8, 4) is 11.5 Å². The predicted octanol–water partition coefficient (Wildman–Crippen LogP) is 4.04. The Bertz CT molecular complexity index is 355. The van der Waals surface area contributed by atoms with Crippen molar-refractivity contribution in [1.29, 1.82) is 0 Å². The quantitative estimate of drug-likeness (QED) is 0.798. The van der Waals surface area contributed by atoms with Crippen LogP contribution < -0.4 is 9.47 Å². The van der Waals surface area contributed by atoms with E-state index in [0.717, 1.165) is 21.7 Å². The Labute approximate surface area is 117 Å². The lowest BCUT2D eigenvalue weighted by Gasteiger charge is -2.19. The zero-order chi connectivity index (χ0) is 12.8. The largest absolute Gasteiger partial charge is 0.497 e. The Morgan fingerprint density at radius 2 is 2.06 bits per heavy atom. The molecule has 0 fully saturated rings. The monoisotopic (exact) mass is 318 g/mol. The zero-order valence-electron chi connectivity index (χ0n) is 10.4. The molecule has 1 atom stereocenters. The molecule has 0 saturated carbocycles. The van der Waals surface area contributed by atoms with E-state index in [-0.39, 0.29) is 0 Å². The number of halogens is 1. The van der Waals surface area contributed by atoms with Gasteiger partial charge in [0.15, 0.2) is 0 Å². The fourth-order valence-electron chi connectivity index (χ4n) is 1.38. The molecule has 0 aromatic heterocycles. The minimum absolute atomic E-state index is 0.465. The van der Waals surface area contributed by atoms with Crippen LogP contribution in [0.5, 0.6) is 11.5 Å². The molecule has 96 valence electrons. The highest BCUT2D eigenvalue weighted by molar-refractivity contribution is 9.10. The lowest BCUT2D eigenvalue weighted by molar-refractivity contribution is 0.225. The van der Waals surface area contributed by atoms with E-state index in [1.54, 1.807) is 7.11 Å². The molecule has 17 heavy (non-hydrogen) atoms. The van der Waals surface area contributed by atoms with Gasteiger partial charge in [0, 0.05) is 5.92 Å². The lowest BCUT2D eigenvalue weighted by atomic mass is 9.99. The molecule has 0 heterocycles. The van der Waals surface area contributed by atoms with E-state index in [2.05, 4.69) is 42.4 Å². The van der Waals surface area contributed by atoms with Gasteiger partial charge in [0.2, 0.25) is 0 Å². The molecule has 0 spiro atoms. The minimum Gasteiger partial charge on any atom is -0.497 e. The van der Waals surface area contributed by atoms with Crippen LogP contribution in [0.15, 0.2) is 22.7 Å². The van der Waals surface area contributed by atoms with Gasteiger partial charge < -0.3 is 9.47 Å². The number of thiol groups is 1. The van der Waals surface area contributed by atoms with E-state index >= 15 is 0 Å². The molecule has 4 heteroatoms. The summed E-state index contributed by atoms with van der Waals surface area (Å²) in [6.45, 7) is 5.06. The number of methoxy groups -OCH3 is 1. The van der Waals surface area contributed by atoms with Crippen LogP contribution in [0.2, 0.25) is 0 Å². The summed E-state index contributed by atoms with van der Waals surface area (Å²) in [5, 5.41) is 0. The number of hydrogen-bond donors (Lipinski definition) is 1. The van der Waals surface area contributed by atoms with Gasteiger partial charge in [-0.3, -0.25) is 0 Å². The molecule has 1 rings (SSSR count). The second-order valence-corrected chi connectivity index (χ2v) is 5.51. The summed E-state index contributed by atoms with van der Waals surface area (Å²) in [5.41, 5.74) is 0. The van der Waals surface area contributed by atoms with E-state index in [1.807, 2.05) is 18.2 Å². The molecule has 0 aliphatic heterocycles. The highest BCUT2D eigenvalue weighted by Crippen LogP contribution is 2.29. The van der Waals surface area contributed by atoms with Gasteiger partial charge in [0.05, 0.1) is 18.2 Å². The summed E-state index contributed by atoms with van der Waals surface area (Å²) in [4.78, 5) is 0. The molecule has 2 nitrogen and oxygen atoms in total. The van der Waals surface area contributed by atoms with Crippen LogP contribution in [-0.2, 0) is 0 Å². The van der Waals surface area contributed by atoms with Gasteiger partial charge >= 0.3 is 0 Å². The van der Waals surface area contributed by atoms with E-state index in [1.165, 1.54) is 0 Å². The Morgan fingerprint density at radius 3 is 2.53 bits per heavy atom. The molecular formula is C13H19BrO2S. The number of benzene rings is 1. The highest BCUT2D eigenvalue weighted by Gasteiger charge is 2.13. The zero-order valence-corrected chi connectivity index (χ0v) is 12.9. The van der Waals surface area contributed by atoms with Gasteiger partial charge in [0.1, 0.15) is 11.5 Å². The Balaban J connectivity index is 2.63. The van der Waals surface area contributed by atoms with Crippen molar-refractivity contribution in [1.82, 2.24) is 0 Å². The SMILES string of the molecule is COc1ccc(OCC(CS)C(C)C)c(Br)c1. The third-order valence-corrected chi connectivity index (χ3v) is 3.86. The summed E-state index contributed by atoms with van der Waals surface area (Å²) >= 11 is 7.82. The average Bonchev–Trinajstić information content (AvgIpc) is 2.31. The molecule has 0 aliphatic carbocycles. The summed E-state index contributed by atoms with van der Waals surface area (Å²) < 4.78 is 11.9. The van der Waals surface area contributed by atoms with Crippen LogP contribution in [-0.4, -0.2) is 19.5 Å². The average molecular weight is 319 g/mol. The normalized spacial score (nSPS) is 12.6. The van der Waals surface area contributed by atoms with Gasteiger partial charge in [-0.15, -0.1) is 0 Å². The topological polar surface area (TPSA) is 18.5 Å². The minimum atomic E-state index is 0.465. The van der Waals surface area contributed by atoms with E-state index in [9.17, 15) is 0 Å². The van der Waals surface area contributed by atoms with Gasteiger partial charge in [-0.1, -0.05) is 13.8 Å². The van der Waals surface area contributed by atoms with Crippen LogP contribution in [0.1, 0.15) is 13.8 Å². The summed E-state index contributed by atoms with van der Waals surface area (Å²) in [6, 6.07) is 5.71. The maximum atomic E-state index is 5.80. The molecule has 1 aromatic rings. The van der Waals surface area contributed by atoms with Crippen molar-refractivity contribution in [2.45, 2.75) is 13.8 Å². The first-order valence-corrected chi connectivity index (χ1v) is 7.08. The molecular weight excluding hydrogens is 300 g/mol. The Hall–Kier alpha value is -0.350.